The van der Waals surface area contributed by atoms with Crippen LogP contribution >= 0.6 is 34.4 Å². The maximum atomic E-state index is 14.2. The molecule has 5 aromatic rings. The number of nitrogens with zero attached hydrogens (tertiary/aromatic N) is 4. The monoisotopic (exact) mass is 657 g/mol. The molecule has 0 radical (unpaired) electrons. The van der Waals surface area contributed by atoms with Crippen LogP contribution < -0.4 is 20.5 Å². The molecule has 2 aromatic carbocycles. The molecular weight excluding hydrogens is 635 g/mol. The van der Waals surface area contributed by atoms with E-state index in [1.807, 2.05) is 47.8 Å². The van der Waals surface area contributed by atoms with Crippen molar-refractivity contribution in [2.45, 2.75) is 29.9 Å². The molecule has 0 spiro atoms. The summed E-state index contributed by atoms with van der Waals surface area (Å²) in [6, 6.07) is 17.7. The minimum atomic E-state index is -0.807. The zero-order valence-electron chi connectivity index (χ0n) is 23.8. The van der Waals surface area contributed by atoms with Crippen molar-refractivity contribution in [1.82, 2.24) is 14.5 Å². The van der Waals surface area contributed by atoms with Crippen LogP contribution in [0.1, 0.15) is 34.7 Å². The van der Waals surface area contributed by atoms with Crippen LogP contribution in [0.4, 0.5) is 5.69 Å². The summed E-state index contributed by atoms with van der Waals surface area (Å²) in [7, 11) is 0. The second kappa shape index (κ2) is 12.6. The third kappa shape index (κ3) is 6.07. The molecule has 45 heavy (non-hydrogen) atoms. The Morgan fingerprint density at radius 2 is 1.96 bits per heavy atom. The van der Waals surface area contributed by atoms with Gasteiger partial charge in [-0.25, -0.2) is 14.8 Å². The summed E-state index contributed by atoms with van der Waals surface area (Å²) in [5.41, 5.74) is 1.31. The van der Waals surface area contributed by atoms with Crippen LogP contribution in [0.3, 0.4) is 0 Å². The van der Waals surface area contributed by atoms with Gasteiger partial charge in [0.15, 0.2) is 9.96 Å². The molecule has 0 saturated carbocycles. The Hall–Kier alpha value is -4.92. The number of carbonyl (C=O) groups is 1. The number of aromatic amines is 1. The maximum absolute atomic E-state index is 14.2. The Kier molecular flexibility index (Phi) is 8.43. The zero-order chi connectivity index (χ0) is 31.7. The van der Waals surface area contributed by atoms with Crippen LogP contribution in [0.25, 0.3) is 11.8 Å². The standard InChI is InChI=1S/C31H23N5O6S3/c1-3-42-29(39)25-26(18-8-5-4-6-9-18)34-31-35(27(25)22-10-7-13-43-22)28(38)23(45-31)16-19-15-20(36(40)41)11-12-21(19)44-30-32-17(2)14-24(37)33-30/h4-16,27H,3H2,1-2H3,(H,32,33,37)/b23-16+/t27-/m1/s1. The van der Waals surface area contributed by atoms with E-state index in [1.54, 1.807) is 26.0 Å². The lowest BCUT2D eigenvalue weighted by Gasteiger charge is -2.24. The van der Waals surface area contributed by atoms with Gasteiger partial charge < -0.3 is 9.72 Å². The van der Waals surface area contributed by atoms with Gasteiger partial charge in [0.25, 0.3) is 16.8 Å². The van der Waals surface area contributed by atoms with Crippen LogP contribution in [-0.4, -0.2) is 32.0 Å². The van der Waals surface area contributed by atoms with E-state index >= 15 is 0 Å². The van der Waals surface area contributed by atoms with E-state index in [9.17, 15) is 24.5 Å². The number of thiazole rings is 1. The highest BCUT2D eigenvalue weighted by Gasteiger charge is 2.35. The molecule has 11 nitrogen and oxygen atoms in total. The molecule has 4 heterocycles. The Balaban J connectivity index is 1.59. The number of nitro groups is 1. The lowest BCUT2D eigenvalue weighted by molar-refractivity contribution is -0.384. The summed E-state index contributed by atoms with van der Waals surface area (Å²) >= 11 is 3.62. The van der Waals surface area contributed by atoms with Crippen LogP contribution in [0, 0.1) is 17.0 Å². The highest BCUT2D eigenvalue weighted by molar-refractivity contribution is 7.99. The molecule has 1 atom stereocenters. The third-order valence-corrected chi connectivity index (χ3v) is 9.62. The van der Waals surface area contributed by atoms with E-state index in [-0.39, 0.29) is 28.0 Å². The number of non-ortho nitro benzene ring substituents is 1. The molecule has 3 aromatic heterocycles. The number of aryl methyl sites for hydroxylation is 1. The van der Waals surface area contributed by atoms with Crippen molar-refractivity contribution in [3.05, 3.63) is 140 Å². The summed E-state index contributed by atoms with van der Waals surface area (Å²) in [5, 5.41) is 13.9. The normalized spacial score (nSPS) is 14.6. The summed E-state index contributed by atoms with van der Waals surface area (Å²) in [5.74, 6) is -0.579. The van der Waals surface area contributed by atoms with Crippen LogP contribution in [-0.2, 0) is 9.53 Å². The van der Waals surface area contributed by atoms with Gasteiger partial charge in [0.05, 0.1) is 27.3 Å². The molecule has 0 saturated heterocycles. The summed E-state index contributed by atoms with van der Waals surface area (Å²) in [6.07, 6.45) is 1.56. The topological polar surface area (TPSA) is 150 Å². The first-order valence-corrected chi connectivity index (χ1v) is 16.1. The number of benzene rings is 2. The number of H-pyrrole nitrogens is 1. The first kappa shape index (κ1) is 30.1. The molecule has 6 rings (SSSR count). The summed E-state index contributed by atoms with van der Waals surface area (Å²) in [4.78, 5) is 64.4. The van der Waals surface area contributed by atoms with Gasteiger partial charge >= 0.3 is 5.97 Å². The van der Waals surface area contributed by atoms with E-state index < -0.39 is 22.5 Å². The van der Waals surface area contributed by atoms with Crippen molar-refractivity contribution < 1.29 is 14.5 Å². The van der Waals surface area contributed by atoms with Crippen molar-refractivity contribution in [2.24, 2.45) is 4.99 Å². The molecule has 1 aliphatic rings. The quantitative estimate of drug-likeness (QED) is 0.111. The molecule has 0 amide bonds. The van der Waals surface area contributed by atoms with Crippen LogP contribution in [0.2, 0.25) is 0 Å². The van der Waals surface area contributed by atoms with Gasteiger partial charge in [-0.2, -0.15) is 0 Å². The second-order valence-electron chi connectivity index (χ2n) is 9.72. The fourth-order valence-electron chi connectivity index (χ4n) is 4.86. The van der Waals surface area contributed by atoms with Crippen LogP contribution in [0.5, 0.6) is 0 Å². The molecule has 14 heteroatoms. The average molecular weight is 658 g/mol. The van der Waals surface area contributed by atoms with Gasteiger partial charge in [0, 0.05) is 39.2 Å². The molecule has 0 unspecified atom stereocenters. The number of thiophene rings is 1. The lowest BCUT2D eigenvalue weighted by atomic mass is 9.97. The largest absolute Gasteiger partial charge is 0.463 e. The first-order valence-electron chi connectivity index (χ1n) is 13.6. The van der Waals surface area contributed by atoms with Gasteiger partial charge in [-0.05, 0) is 43.0 Å². The minimum Gasteiger partial charge on any atom is -0.463 e. The van der Waals surface area contributed by atoms with Gasteiger partial charge in [0.2, 0.25) is 0 Å². The number of nitro benzene ring substituents is 1. The number of carbonyl (C=O) groups excluding carboxylic acids is 1. The molecule has 0 bridgehead atoms. The fourth-order valence-corrected chi connectivity index (χ4v) is 7.59. The SMILES string of the molecule is CCOC(=O)C1=C(c2ccccc2)N=c2s/c(=C/c3cc([N+](=O)[O-])ccc3Sc3nc(C)cc(=O)[nH]3)c(=O)n2[C@@H]1c1cccs1. The Bertz CT molecular complexity index is 2220. The first-order chi connectivity index (χ1) is 21.7. The summed E-state index contributed by atoms with van der Waals surface area (Å²) in [6.45, 7) is 3.54. The molecule has 226 valence electrons. The van der Waals surface area contributed by atoms with E-state index in [1.165, 1.54) is 34.1 Å². The Labute approximate surface area is 267 Å². The van der Waals surface area contributed by atoms with Gasteiger partial charge in [-0.1, -0.05) is 59.5 Å². The number of ether oxygens (including phenoxy) is 1. The second-order valence-corrected chi connectivity index (χ2v) is 12.7. The number of fused-ring (bicyclic) bond motifs is 1. The van der Waals surface area contributed by atoms with Crippen LogP contribution in [0.15, 0.2) is 102 Å². The number of hydrogen-bond donors (Lipinski definition) is 1. The van der Waals surface area contributed by atoms with Crippen molar-refractivity contribution >= 4 is 57.9 Å². The number of hydrogen-bond acceptors (Lipinski definition) is 11. The number of nitrogens with one attached hydrogen (secondary N) is 1. The van der Waals surface area contributed by atoms with Crippen molar-refractivity contribution in [3.63, 3.8) is 0 Å². The number of esters is 1. The predicted molar refractivity (Wildman–Crippen MR) is 172 cm³/mol. The zero-order valence-corrected chi connectivity index (χ0v) is 26.2. The predicted octanol–water partition coefficient (Wildman–Crippen LogP) is 4.45. The third-order valence-electron chi connectivity index (χ3n) is 6.73. The summed E-state index contributed by atoms with van der Waals surface area (Å²) < 4.78 is 7.20. The maximum Gasteiger partial charge on any atom is 0.338 e. The molecule has 1 aliphatic heterocycles. The minimum absolute atomic E-state index is 0.139. The average Bonchev–Trinajstić information content (AvgIpc) is 3.65. The molecule has 0 fully saturated rings. The molecular formula is C31H23N5O6S3. The van der Waals surface area contributed by atoms with Crippen molar-refractivity contribution in [1.29, 1.82) is 0 Å². The fraction of sp³-hybridized carbons (Fsp3) is 0.129. The molecule has 0 aliphatic carbocycles. The van der Waals surface area contributed by atoms with Gasteiger partial charge in [0.1, 0.15) is 6.04 Å². The Morgan fingerprint density at radius 1 is 1.16 bits per heavy atom. The number of rotatable bonds is 8. The lowest BCUT2D eigenvalue weighted by Crippen LogP contribution is -2.39. The molecule has 1 N–H and O–H groups in total. The van der Waals surface area contributed by atoms with Crippen molar-refractivity contribution in [2.75, 3.05) is 6.61 Å². The van der Waals surface area contributed by atoms with E-state index in [0.29, 0.717) is 37.4 Å². The van der Waals surface area contributed by atoms with E-state index in [4.69, 9.17) is 9.73 Å². The van der Waals surface area contributed by atoms with Gasteiger partial charge in [-0.15, -0.1) is 11.3 Å². The van der Waals surface area contributed by atoms with E-state index in [0.717, 1.165) is 28.0 Å². The smallest absolute Gasteiger partial charge is 0.338 e. The van der Waals surface area contributed by atoms with Gasteiger partial charge in [-0.3, -0.25) is 24.3 Å². The number of aromatic nitrogens is 3. The Morgan fingerprint density at radius 3 is 2.64 bits per heavy atom. The van der Waals surface area contributed by atoms with E-state index in [2.05, 4.69) is 9.97 Å². The highest BCUT2D eigenvalue weighted by atomic mass is 32.2. The highest BCUT2D eigenvalue weighted by Crippen LogP contribution is 2.37. The van der Waals surface area contributed by atoms with Crippen molar-refractivity contribution in [3.8, 4) is 0 Å².